The first-order chi connectivity index (χ1) is 5.86. The Morgan fingerprint density at radius 1 is 1.33 bits per heavy atom. The molecule has 0 amide bonds. The fraction of sp³-hybridized carbons (Fsp3) is 0. The predicted molar refractivity (Wildman–Crippen MR) is 47.5 cm³/mol. The summed E-state index contributed by atoms with van der Waals surface area (Å²) >= 11 is 1.56. The van der Waals surface area contributed by atoms with E-state index in [0.717, 1.165) is 4.88 Å². The van der Waals surface area contributed by atoms with Crippen molar-refractivity contribution in [3.05, 3.63) is 41.7 Å². The van der Waals surface area contributed by atoms with Crippen molar-refractivity contribution in [3.63, 3.8) is 0 Å². The van der Waals surface area contributed by atoms with Crippen LogP contribution in [-0.2, 0) is 0 Å². The van der Waals surface area contributed by atoms with E-state index in [1.165, 1.54) is 18.3 Å². The highest BCUT2D eigenvalue weighted by Gasteiger charge is 1.99. The van der Waals surface area contributed by atoms with Crippen molar-refractivity contribution < 1.29 is 4.39 Å². The summed E-state index contributed by atoms with van der Waals surface area (Å²) < 4.78 is 12.7. The molecule has 0 fully saturated rings. The molecule has 3 heteroatoms. The van der Waals surface area contributed by atoms with Gasteiger partial charge in [-0.05, 0) is 17.5 Å². The van der Waals surface area contributed by atoms with E-state index in [-0.39, 0.29) is 5.82 Å². The van der Waals surface area contributed by atoms with Crippen LogP contribution in [0.1, 0.15) is 0 Å². The van der Waals surface area contributed by atoms with Crippen molar-refractivity contribution in [2.45, 2.75) is 0 Å². The third-order valence-electron chi connectivity index (χ3n) is 1.50. The van der Waals surface area contributed by atoms with Gasteiger partial charge in [0.05, 0.1) is 10.6 Å². The molecule has 0 aromatic carbocycles. The molecule has 2 rings (SSSR count). The van der Waals surface area contributed by atoms with Crippen LogP contribution in [0.2, 0.25) is 0 Å². The molecule has 1 nitrogen and oxygen atoms in total. The molecule has 0 N–H and O–H groups in total. The fourth-order valence-electron chi connectivity index (χ4n) is 0.964. The quantitative estimate of drug-likeness (QED) is 0.655. The van der Waals surface area contributed by atoms with Gasteiger partial charge in [0.1, 0.15) is 5.82 Å². The van der Waals surface area contributed by atoms with Gasteiger partial charge in [-0.1, -0.05) is 6.07 Å². The summed E-state index contributed by atoms with van der Waals surface area (Å²) in [6, 6.07) is 6.63. The van der Waals surface area contributed by atoms with Gasteiger partial charge in [-0.25, -0.2) is 4.39 Å². The normalized spacial score (nSPS) is 10.1. The molecule has 0 bridgehead atoms. The molecule has 2 aromatic heterocycles. The molecule has 12 heavy (non-hydrogen) atoms. The maximum Gasteiger partial charge on any atom is 0.126 e. The Labute approximate surface area is 73.5 Å². The fourth-order valence-corrected chi connectivity index (χ4v) is 1.66. The molecule has 0 unspecified atom stereocenters. The Hall–Kier alpha value is -1.22. The second-order valence-corrected chi connectivity index (χ2v) is 3.28. The lowest BCUT2D eigenvalue weighted by molar-refractivity contribution is 0.626. The topological polar surface area (TPSA) is 12.9 Å². The maximum atomic E-state index is 12.7. The zero-order valence-electron chi connectivity index (χ0n) is 6.20. The molecule has 0 aliphatic heterocycles. The lowest BCUT2D eigenvalue weighted by Crippen LogP contribution is -1.80. The van der Waals surface area contributed by atoms with Gasteiger partial charge in [0.15, 0.2) is 0 Å². The van der Waals surface area contributed by atoms with Crippen molar-refractivity contribution in [3.8, 4) is 10.6 Å². The molecule has 2 aromatic rings. The Morgan fingerprint density at radius 3 is 2.92 bits per heavy atom. The number of halogens is 1. The van der Waals surface area contributed by atoms with Crippen LogP contribution >= 0.6 is 11.3 Å². The number of hydrogen-bond donors (Lipinski definition) is 0. The van der Waals surface area contributed by atoms with Crippen molar-refractivity contribution in [1.82, 2.24) is 4.98 Å². The third-order valence-corrected chi connectivity index (χ3v) is 2.39. The molecule has 2 heterocycles. The molecular formula is C9H6FNS. The zero-order valence-corrected chi connectivity index (χ0v) is 7.01. The summed E-state index contributed by atoms with van der Waals surface area (Å²) in [5.74, 6) is -0.242. The van der Waals surface area contributed by atoms with E-state index in [9.17, 15) is 4.39 Å². The number of thiophene rings is 1. The van der Waals surface area contributed by atoms with Crippen molar-refractivity contribution in [2.24, 2.45) is 0 Å². The smallest absolute Gasteiger partial charge is 0.126 e. The molecule has 0 saturated carbocycles. The molecule has 0 saturated heterocycles. The van der Waals surface area contributed by atoms with E-state index in [1.54, 1.807) is 11.3 Å². The van der Waals surface area contributed by atoms with E-state index in [2.05, 4.69) is 4.98 Å². The lowest BCUT2D eigenvalue weighted by Gasteiger charge is -1.94. The van der Waals surface area contributed by atoms with Gasteiger partial charge in [-0.3, -0.25) is 4.98 Å². The minimum absolute atomic E-state index is 0.242. The van der Waals surface area contributed by atoms with Gasteiger partial charge in [0.25, 0.3) is 0 Å². The van der Waals surface area contributed by atoms with Crippen LogP contribution in [0.15, 0.2) is 35.8 Å². The van der Waals surface area contributed by atoms with Crippen LogP contribution < -0.4 is 0 Å². The Morgan fingerprint density at radius 2 is 2.25 bits per heavy atom. The number of aromatic nitrogens is 1. The number of pyridine rings is 1. The molecule has 0 radical (unpaired) electrons. The summed E-state index contributed by atoms with van der Waals surface area (Å²) in [6.45, 7) is 0. The number of nitrogens with zero attached hydrogens (tertiary/aromatic N) is 1. The van der Waals surface area contributed by atoms with Crippen molar-refractivity contribution in [2.75, 3.05) is 0 Å². The van der Waals surface area contributed by atoms with E-state index < -0.39 is 0 Å². The number of rotatable bonds is 1. The zero-order chi connectivity index (χ0) is 8.39. The monoisotopic (exact) mass is 179 g/mol. The average Bonchev–Trinajstić information content (AvgIpc) is 2.56. The van der Waals surface area contributed by atoms with Crippen LogP contribution in [0.4, 0.5) is 4.39 Å². The molecule has 0 aliphatic rings. The summed E-state index contributed by atoms with van der Waals surface area (Å²) in [5, 5.41) is 1.95. The van der Waals surface area contributed by atoms with Gasteiger partial charge in [-0.2, -0.15) is 0 Å². The lowest BCUT2D eigenvalue weighted by atomic mass is 10.3. The molecular weight excluding hydrogens is 173 g/mol. The highest BCUT2D eigenvalue weighted by Crippen LogP contribution is 2.22. The Balaban J connectivity index is 2.48. The molecule has 0 spiro atoms. The summed E-state index contributed by atoms with van der Waals surface area (Å²) in [7, 11) is 0. The standard InChI is InChI=1S/C9H6FNS/c10-7-3-4-11-8(6-7)9-2-1-5-12-9/h1-6H. The largest absolute Gasteiger partial charge is 0.255 e. The van der Waals surface area contributed by atoms with Crippen LogP contribution in [-0.4, -0.2) is 4.98 Å². The van der Waals surface area contributed by atoms with Gasteiger partial charge in [0, 0.05) is 12.3 Å². The SMILES string of the molecule is Fc1ccnc(-c2cccs2)c1. The minimum Gasteiger partial charge on any atom is -0.255 e. The van der Waals surface area contributed by atoms with Crippen LogP contribution in [0.3, 0.4) is 0 Å². The minimum atomic E-state index is -0.242. The summed E-state index contributed by atoms with van der Waals surface area (Å²) in [5.41, 5.74) is 0.699. The molecule has 0 atom stereocenters. The summed E-state index contributed by atoms with van der Waals surface area (Å²) in [6.07, 6.45) is 1.48. The highest BCUT2D eigenvalue weighted by atomic mass is 32.1. The van der Waals surface area contributed by atoms with Crippen LogP contribution in [0, 0.1) is 5.82 Å². The molecule has 60 valence electrons. The Kier molecular flexibility index (Phi) is 1.87. The van der Waals surface area contributed by atoms with Gasteiger partial charge in [-0.15, -0.1) is 11.3 Å². The van der Waals surface area contributed by atoms with Gasteiger partial charge in [0.2, 0.25) is 0 Å². The predicted octanol–water partition coefficient (Wildman–Crippen LogP) is 2.95. The first-order valence-electron chi connectivity index (χ1n) is 3.52. The van der Waals surface area contributed by atoms with Gasteiger partial charge >= 0.3 is 0 Å². The second kappa shape index (κ2) is 3.03. The van der Waals surface area contributed by atoms with E-state index in [0.29, 0.717) is 5.69 Å². The Bertz CT molecular complexity index is 370. The maximum absolute atomic E-state index is 12.7. The van der Waals surface area contributed by atoms with E-state index in [1.807, 2.05) is 17.5 Å². The second-order valence-electron chi connectivity index (χ2n) is 2.34. The van der Waals surface area contributed by atoms with Crippen molar-refractivity contribution >= 4 is 11.3 Å². The summed E-state index contributed by atoms with van der Waals surface area (Å²) in [4.78, 5) is 5.05. The molecule has 0 aliphatic carbocycles. The first-order valence-corrected chi connectivity index (χ1v) is 4.39. The average molecular weight is 179 g/mol. The third kappa shape index (κ3) is 1.36. The van der Waals surface area contributed by atoms with Crippen LogP contribution in [0.25, 0.3) is 10.6 Å². The number of hydrogen-bond acceptors (Lipinski definition) is 2. The first kappa shape index (κ1) is 7.43. The van der Waals surface area contributed by atoms with Crippen molar-refractivity contribution in [1.29, 1.82) is 0 Å². The van der Waals surface area contributed by atoms with Gasteiger partial charge < -0.3 is 0 Å². The van der Waals surface area contributed by atoms with E-state index in [4.69, 9.17) is 0 Å². The van der Waals surface area contributed by atoms with E-state index >= 15 is 0 Å². The highest BCUT2D eigenvalue weighted by molar-refractivity contribution is 7.13. The van der Waals surface area contributed by atoms with Crippen LogP contribution in [0.5, 0.6) is 0 Å².